The summed E-state index contributed by atoms with van der Waals surface area (Å²) in [5.74, 6) is -0.720. The smallest absolute Gasteiger partial charge is 0.307 e. The number of carboxylic acids is 1. The largest absolute Gasteiger partial charge is 0.481 e. The molecule has 52 valence electrons. The summed E-state index contributed by atoms with van der Waals surface area (Å²) in [6, 6.07) is 0. The quantitative estimate of drug-likeness (QED) is 0.563. The van der Waals surface area contributed by atoms with Gasteiger partial charge in [0.05, 0.1) is 5.92 Å². The van der Waals surface area contributed by atoms with E-state index in [1.54, 1.807) is 0 Å². The highest BCUT2D eigenvalue weighted by molar-refractivity contribution is 7.17. The van der Waals surface area contributed by atoms with Crippen LogP contribution < -0.4 is 0 Å². The van der Waals surface area contributed by atoms with Crippen molar-refractivity contribution in [1.29, 1.82) is 0 Å². The molecule has 0 heterocycles. The van der Waals surface area contributed by atoms with Crippen LogP contribution in [-0.2, 0) is 4.79 Å². The van der Waals surface area contributed by atoms with E-state index in [9.17, 15) is 4.79 Å². The van der Waals surface area contributed by atoms with Crippen LogP contribution in [0.15, 0.2) is 0 Å². The standard InChI is InChI=1S/C6H11O2P/c7-6(8)4-2-1-3-5(4)9/h4-5H,1-3,9H2,(H,7,8)/t4-,5?/m1/s1. The fourth-order valence-corrected chi connectivity index (χ4v) is 1.89. The van der Waals surface area contributed by atoms with Gasteiger partial charge in [0, 0.05) is 0 Å². The predicted octanol–water partition coefficient (Wildman–Crippen LogP) is 1.11. The summed E-state index contributed by atoms with van der Waals surface area (Å²) in [4.78, 5) is 10.4. The number of carbonyl (C=O) groups is 1. The third kappa shape index (κ3) is 1.42. The normalized spacial score (nSPS) is 34.8. The van der Waals surface area contributed by atoms with Crippen molar-refractivity contribution in [2.45, 2.75) is 24.9 Å². The molecule has 0 aromatic rings. The van der Waals surface area contributed by atoms with E-state index in [-0.39, 0.29) is 5.92 Å². The molecule has 0 aromatic heterocycles. The average Bonchev–Trinajstić information content (AvgIpc) is 2.13. The summed E-state index contributed by atoms with van der Waals surface area (Å²) in [5.41, 5.74) is 0.322. The molecule has 0 spiro atoms. The average molecular weight is 146 g/mol. The monoisotopic (exact) mass is 146 g/mol. The molecule has 0 aliphatic heterocycles. The lowest BCUT2D eigenvalue weighted by atomic mass is 10.1. The Morgan fingerprint density at radius 2 is 2.22 bits per heavy atom. The van der Waals surface area contributed by atoms with Crippen molar-refractivity contribution < 1.29 is 9.90 Å². The first-order valence-corrected chi connectivity index (χ1v) is 3.87. The van der Waals surface area contributed by atoms with Gasteiger partial charge in [-0.05, 0) is 18.5 Å². The Balaban J connectivity index is 2.49. The SMILES string of the molecule is O=C(O)[C@@H]1CCCC1P. The first-order chi connectivity index (χ1) is 4.22. The summed E-state index contributed by atoms with van der Waals surface area (Å²) < 4.78 is 0. The van der Waals surface area contributed by atoms with Gasteiger partial charge in [-0.3, -0.25) is 4.79 Å². The van der Waals surface area contributed by atoms with E-state index >= 15 is 0 Å². The van der Waals surface area contributed by atoms with Crippen LogP contribution in [0.2, 0.25) is 0 Å². The third-order valence-electron chi connectivity index (χ3n) is 1.89. The van der Waals surface area contributed by atoms with Gasteiger partial charge in [0.2, 0.25) is 0 Å². The van der Waals surface area contributed by atoms with Crippen molar-refractivity contribution >= 4 is 15.2 Å². The van der Waals surface area contributed by atoms with Crippen molar-refractivity contribution in [1.82, 2.24) is 0 Å². The summed E-state index contributed by atoms with van der Waals surface area (Å²) in [5, 5.41) is 8.57. The molecule has 9 heavy (non-hydrogen) atoms. The van der Waals surface area contributed by atoms with E-state index in [1.807, 2.05) is 0 Å². The van der Waals surface area contributed by atoms with E-state index < -0.39 is 5.97 Å². The second-order valence-corrected chi connectivity index (χ2v) is 3.40. The van der Waals surface area contributed by atoms with Gasteiger partial charge in [-0.1, -0.05) is 6.42 Å². The van der Waals surface area contributed by atoms with Crippen molar-refractivity contribution in [3.63, 3.8) is 0 Å². The molecule has 1 saturated carbocycles. The predicted molar refractivity (Wildman–Crippen MR) is 38.5 cm³/mol. The van der Waals surface area contributed by atoms with E-state index in [0.717, 1.165) is 19.3 Å². The Morgan fingerprint density at radius 3 is 2.44 bits per heavy atom. The van der Waals surface area contributed by atoms with Crippen LogP contribution in [-0.4, -0.2) is 16.7 Å². The van der Waals surface area contributed by atoms with Crippen LogP contribution in [0.1, 0.15) is 19.3 Å². The van der Waals surface area contributed by atoms with Gasteiger partial charge in [-0.25, -0.2) is 0 Å². The highest BCUT2D eigenvalue weighted by Gasteiger charge is 2.29. The van der Waals surface area contributed by atoms with Crippen LogP contribution in [0.4, 0.5) is 0 Å². The van der Waals surface area contributed by atoms with Gasteiger partial charge >= 0.3 is 5.97 Å². The zero-order valence-electron chi connectivity index (χ0n) is 5.21. The molecule has 1 aliphatic rings. The fourth-order valence-electron chi connectivity index (χ4n) is 1.30. The number of carboxylic acid groups (broad SMARTS) is 1. The first kappa shape index (κ1) is 7.01. The zero-order valence-corrected chi connectivity index (χ0v) is 6.36. The maximum atomic E-state index is 10.4. The first-order valence-electron chi connectivity index (χ1n) is 3.20. The van der Waals surface area contributed by atoms with Crippen LogP contribution in [0.3, 0.4) is 0 Å². The van der Waals surface area contributed by atoms with Crippen molar-refractivity contribution in [3.05, 3.63) is 0 Å². The summed E-state index contributed by atoms with van der Waals surface area (Å²) >= 11 is 0. The molecule has 0 bridgehead atoms. The molecule has 3 atom stereocenters. The van der Waals surface area contributed by atoms with Crippen LogP contribution in [0.25, 0.3) is 0 Å². The number of hydrogen-bond donors (Lipinski definition) is 1. The van der Waals surface area contributed by atoms with E-state index in [4.69, 9.17) is 5.11 Å². The lowest BCUT2D eigenvalue weighted by molar-refractivity contribution is -0.141. The summed E-state index contributed by atoms with van der Waals surface area (Å²) in [7, 11) is 2.60. The highest BCUT2D eigenvalue weighted by Crippen LogP contribution is 2.31. The molecule has 2 unspecified atom stereocenters. The van der Waals surface area contributed by atoms with Crippen molar-refractivity contribution in [2.24, 2.45) is 5.92 Å². The van der Waals surface area contributed by atoms with Crippen LogP contribution in [0, 0.1) is 5.92 Å². The maximum Gasteiger partial charge on any atom is 0.307 e. The number of aliphatic carboxylic acids is 1. The van der Waals surface area contributed by atoms with Crippen LogP contribution >= 0.6 is 9.24 Å². The fraction of sp³-hybridized carbons (Fsp3) is 0.833. The summed E-state index contributed by atoms with van der Waals surface area (Å²) in [6.07, 6.45) is 3.00. The summed E-state index contributed by atoms with van der Waals surface area (Å²) in [6.45, 7) is 0. The minimum Gasteiger partial charge on any atom is -0.481 e. The Labute approximate surface area is 56.8 Å². The topological polar surface area (TPSA) is 37.3 Å². The molecule has 0 saturated heterocycles. The van der Waals surface area contributed by atoms with E-state index in [0.29, 0.717) is 5.66 Å². The molecular formula is C6H11O2P. The molecule has 0 radical (unpaired) electrons. The van der Waals surface area contributed by atoms with Gasteiger partial charge in [0.25, 0.3) is 0 Å². The van der Waals surface area contributed by atoms with Gasteiger partial charge in [-0.15, -0.1) is 9.24 Å². The molecule has 1 rings (SSSR count). The maximum absolute atomic E-state index is 10.4. The Kier molecular flexibility index (Phi) is 2.07. The molecule has 0 aromatic carbocycles. The third-order valence-corrected chi connectivity index (χ3v) is 2.68. The van der Waals surface area contributed by atoms with Crippen molar-refractivity contribution in [2.75, 3.05) is 0 Å². The van der Waals surface area contributed by atoms with E-state index in [1.165, 1.54) is 0 Å². The molecular weight excluding hydrogens is 135 g/mol. The molecule has 0 amide bonds. The minimum absolute atomic E-state index is 0.0880. The molecule has 2 nitrogen and oxygen atoms in total. The van der Waals surface area contributed by atoms with Gasteiger partial charge in [0.15, 0.2) is 0 Å². The lowest BCUT2D eigenvalue weighted by Gasteiger charge is -2.07. The molecule has 1 fully saturated rings. The molecule has 1 N–H and O–H groups in total. The Morgan fingerprint density at radius 1 is 1.56 bits per heavy atom. The second kappa shape index (κ2) is 2.66. The van der Waals surface area contributed by atoms with E-state index in [2.05, 4.69) is 9.24 Å². The number of rotatable bonds is 1. The lowest BCUT2D eigenvalue weighted by Crippen LogP contribution is -2.17. The Bertz CT molecular complexity index is 124. The molecule has 3 heteroatoms. The molecule has 1 aliphatic carbocycles. The Hall–Kier alpha value is -0.100. The van der Waals surface area contributed by atoms with Gasteiger partial charge in [0.1, 0.15) is 0 Å². The van der Waals surface area contributed by atoms with Gasteiger partial charge < -0.3 is 5.11 Å². The minimum atomic E-state index is -0.632. The zero-order chi connectivity index (χ0) is 6.85. The van der Waals surface area contributed by atoms with Crippen LogP contribution in [0.5, 0.6) is 0 Å². The number of hydrogen-bond acceptors (Lipinski definition) is 1. The van der Waals surface area contributed by atoms with Crippen molar-refractivity contribution in [3.8, 4) is 0 Å². The van der Waals surface area contributed by atoms with Gasteiger partial charge in [-0.2, -0.15) is 0 Å². The second-order valence-electron chi connectivity index (χ2n) is 2.54. The highest BCUT2D eigenvalue weighted by atomic mass is 31.0.